The Morgan fingerprint density at radius 2 is 1.70 bits per heavy atom. The van der Waals surface area contributed by atoms with Gasteiger partial charge in [0, 0.05) is 0 Å². The molecular weight excluding hydrogens is 264 g/mol. The first-order valence-electron chi connectivity index (χ1n) is 6.19. The second-order valence-corrected chi connectivity index (χ2v) is 4.33. The predicted octanol–water partition coefficient (Wildman–Crippen LogP) is 1.03. The van der Waals surface area contributed by atoms with Crippen LogP contribution in [0, 0.1) is 0 Å². The van der Waals surface area contributed by atoms with E-state index in [1.54, 1.807) is 6.92 Å². The van der Waals surface area contributed by atoms with Gasteiger partial charge >= 0.3 is 18.0 Å². The van der Waals surface area contributed by atoms with Gasteiger partial charge in [0.1, 0.15) is 5.54 Å². The van der Waals surface area contributed by atoms with Crippen LogP contribution in [0.5, 0.6) is 12.0 Å². The molecule has 0 fully saturated rings. The fraction of sp³-hybridized carbons (Fsp3) is 0.667. The fourth-order valence-electron chi connectivity index (χ4n) is 1.76. The Kier molecular flexibility index (Phi) is 5.48. The van der Waals surface area contributed by atoms with E-state index in [0.29, 0.717) is 6.42 Å². The molecule has 1 unspecified atom stereocenters. The maximum atomic E-state index is 11.9. The maximum absolute atomic E-state index is 11.9. The van der Waals surface area contributed by atoms with Gasteiger partial charge in [-0.3, -0.25) is 0 Å². The fourth-order valence-corrected chi connectivity index (χ4v) is 1.76. The van der Waals surface area contributed by atoms with Crippen LogP contribution >= 0.6 is 0 Å². The molecule has 8 heteroatoms. The van der Waals surface area contributed by atoms with Gasteiger partial charge in [-0.15, -0.1) is 4.98 Å². The average molecular weight is 284 g/mol. The Morgan fingerprint density at radius 3 is 2.10 bits per heavy atom. The lowest BCUT2D eigenvalue weighted by atomic mass is 9.96. The minimum atomic E-state index is -0.930. The lowest BCUT2D eigenvalue weighted by Gasteiger charge is -2.27. The van der Waals surface area contributed by atoms with E-state index in [1.165, 1.54) is 21.3 Å². The van der Waals surface area contributed by atoms with Crippen molar-refractivity contribution in [1.29, 1.82) is 0 Å². The molecule has 1 aromatic rings. The Balaban J connectivity index is 3.07. The summed E-state index contributed by atoms with van der Waals surface area (Å²) < 4.78 is 14.7. The molecule has 0 aliphatic heterocycles. The van der Waals surface area contributed by atoms with Crippen molar-refractivity contribution in [2.24, 2.45) is 0 Å². The van der Waals surface area contributed by atoms with Gasteiger partial charge in [0.05, 0.1) is 21.3 Å². The molecule has 0 bridgehead atoms. The summed E-state index contributed by atoms with van der Waals surface area (Å²) in [6.45, 7) is 3.70. The minimum absolute atomic E-state index is 0.100. The summed E-state index contributed by atoms with van der Waals surface area (Å²) in [5.74, 6) is -0.201. The number of carbonyl (C=O) groups excluding carboxylic acids is 1. The third-order valence-electron chi connectivity index (χ3n) is 2.73. The molecule has 1 rings (SSSR count). The first-order valence-corrected chi connectivity index (χ1v) is 6.19. The van der Waals surface area contributed by atoms with Crippen molar-refractivity contribution in [2.75, 3.05) is 26.6 Å². The quantitative estimate of drug-likeness (QED) is 0.742. The number of methoxy groups -OCH3 is 3. The Hall–Kier alpha value is -2.12. The molecule has 0 spiro atoms. The minimum Gasteiger partial charge on any atom is -0.467 e. The van der Waals surface area contributed by atoms with Gasteiger partial charge in [0.15, 0.2) is 0 Å². The highest BCUT2D eigenvalue weighted by Crippen LogP contribution is 2.21. The monoisotopic (exact) mass is 284 g/mol. The molecule has 0 saturated carbocycles. The number of hydrogen-bond acceptors (Lipinski definition) is 8. The number of aromatic nitrogens is 3. The van der Waals surface area contributed by atoms with E-state index in [9.17, 15) is 4.79 Å². The van der Waals surface area contributed by atoms with E-state index in [4.69, 9.17) is 14.2 Å². The normalized spacial score (nSPS) is 13.2. The number of carbonyl (C=O) groups is 1. The van der Waals surface area contributed by atoms with E-state index >= 15 is 0 Å². The van der Waals surface area contributed by atoms with E-state index in [1.807, 2.05) is 6.92 Å². The molecule has 1 atom stereocenters. The molecule has 0 aliphatic carbocycles. The van der Waals surface area contributed by atoms with Gasteiger partial charge in [0.25, 0.3) is 0 Å². The van der Waals surface area contributed by atoms with Crippen molar-refractivity contribution in [3.8, 4) is 12.0 Å². The van der Waals surface area contributed by atoms with Crippen LogP contribution in [0.25, 0.3) is 0 Å². The standard InChI is InChI=1S/C12H20N4O4/c1-6-7-12(2,8(17)18-3)16-9-13-10(19-4)15-11(14-9)20-5/h6-7H2,1-5H3,(H,13,14,15,16). The number of anilines is 1. The van der Waals surface area contributed by atoms with Crippen molar-refractivity contribution in [1.82, 2.24) is 15.0 Å². The van der Waals surface area contributed by atoms with Crippen LogP contribution in [0.3, 0.4) is 0 Å². The lowest BCUT2D eigenvalue weighted by Crippen LogP contribution is -2.44. The third kappa shape index (κ3) is 3.69. The smallest absolute Gasteiger partial charge is 0.331 e. The van der Waals surface area contributed by atoms with Gasteiger partial charge in [0.2, 0.25) is 5.95 Å². The molecule has 8 nitrogen and oxygen atoms in total. The number of nitrogens with zero attached hydrogens (tertiary/aromatic N) is 3. The molecule has 0 amide bonds. The van der Waals surface area contributed by atoms with E-state index in [-0.39, 0.29) is 18.0 Å². The third-order valence-corrected chi connectivity index (χ3v) is 2.73. The topological polar surface area (TPSA) is 95.5 Å². The molecule has 1 N–H and O–H groups in total. The highest BCUT2D eigenvalue weighted by molar-refractivity contribution is 5.83. The maximum Gasteiger partial charge on any atom is 0.331 e. The van der Waals surface area contributed by atoms with Crippen LogP contribution in [0.15, 0.2) is 0 Å². The van der Waals surface area contributed by atoms with Crippen molar-refractivity contribution in [2.45, 2.75) is 32.2 Å². The predicted molar refractivity (Wildman–Crippen MR) is 71.9 cm³/mol. The zero-order chi connectivity index (χ0) is 15.2. The van der Waals surface area contributed by atoms with E-state index < -0.39 is 11.5 Å². The molecule has 0 saturated heterocycles. The summed E-state index contributed by atoms with van der Waals surface area (Å²) in [5, 5.41) is 2.96. The van der Waals surface area contributed by atoms with Crippen LogP contribution in [0.2, 0.25) is 0 Å². The number of rotatable bonds is 7. The van der Waals surface area contributed by atoms with Crippen LogP contribution in [-0.4, -0.2) is 47.8 Å². The summed E-state index contributed by atoms with van der Waals surface area (Å²) in [7, 11) is 4.21. The Morgan fingerprint density at radius 1 is 1.15 bits per heavy atom. The molecule has 1 heterocycles. The second-order valence-electron chi connectivity index (χ2n) is 4.33. The molecule has 20 heavy (non-hydrogen) atoms. The van der Waals surface area contributed by atoms with Gasteiger partial charge in [-0.1, -0.05) is 13.3 Å². The van der Waals surface area contributed by atoms with Crippen LogP contribution in [0.1, 0.15) is 26.7 Å². The molecule has 0 radical (unpaired) electrons. The highest BCUT2D eigenvalue weighted by Gasteiger charge is 2.34. The number of hydrogen-bond donors (Lipinski definition) is 1. The van der Waals surface area contributed by atoms with Crippen LogP contribution in [0.4, 0.5) is 5.95 Å². The molecule has 1 aromatic heterocycles. The molecule has 112 valence electrons. The summed E-state index contributed by atoms with van der Waals surface area (Å²) in [6, 6.07) is 0.200. The van der Waals surface area contributed by atoms with Crippen molar-refractivity contribution in [3.63, 3.8) is 0 Å². The van der Waals surface area contributed by atoms with E-state index in [0.717, 1.165) is 6.42 Å². The average Bonchev–Trinajstić information content (AvgIpc) is 2.45. The Bertz CT molecular complexity index is 447. The van der Waals surface area contributed by atoms with Gasteiger partial charge in [-0.25, -0.2) is 4.79 Å². The SMILES string of the molecule is CCCC(C)(Nc1nc(OC)nc(OC)n1)C(=O)OC. The van der Waals surface area contributed by atoms with Gasteiger partial charge in [-0.05, 0) is 13.3 Å². The summed E-state index contributed by atoms with van der Waals surface area (Å²) in [4.78, 5) is 23.9. The zero-order valence-electron chi connectivity index (χ0n) is 12.4. The van der Waals surface area contributed by atoms with Gasteiger partial charge < -0.3 is 19.5 Å². The van der Waals surface area contributed by atoms with Crippen molar-refractivity contribution < 1.29 is 19.0 Å². The van der Waals surface area contributed by atoms with Gasteiger partial charge in [-0.2, -0.15) is 9.97 Å². The van der Waals surface area contributed by atoms with Crippen molar-refractivity contribution in [3.05, 3.63) is 0 Å². The first-order chi connectivity index (χ1) is 9.48. The largest absolute Gasteiger partial charge is 0.467 e. The molecule has 0 aromatic carbocycles. The second kappa shape index (κ2) is 6.88. The number of ether oxygens (including phenoxy) is 3. The first kappa shape index (κ1) is 15.9. The van der Waals surface area contributed by atoms with Crippen molar-refractivity contribution >= 4 is 11.9 Å². The van der Waals surface area contributed by atoms with Crippen LogP contribution in [-0.2, 0) is 9.53 Å². The zero-order valence-corrected chi connectivity index (χ0v) is 12.4. The molecular formula is C12H20N4O4. The summed E-state index contributed by atoms with van der Waals surface area (Å²) >= 11 is 0. The molecule has 0 aliphatic rings. The Labute approximate surface area is 117 Å². The number of nitrogens with one attached hydrogen (secondary N) is 1. The lowest BCUT2D eigenvalue weighted by molar-refractivity contribution is -0.145. The van der Waals surface area contributed by atoms with Crippen LogP contribution < -0.4 is 14.8 Å². The highest BCUT2D eigenvalue weighted by atomic mass is 16.5. The van der Waals surface area contributed by atoms with E-state index in [2.05, 4.69) is 20.3 Å². The summed E-state index contributed by atoms with van der Waals surface area (Å²) in [5.41, 5.74) is -0.930. The number of esters is 1. The summed E-state index contributed by atoms with van der Waals surface area (Å²) in [6.07, 6.45) is 1.36.